The van der Waals surface area contributed by atoms with Gasteiger partial charge in [-0.15, -0.1) is 0 Å². The fourth-order valence-corrected chi connectivity index (χ4v) is 3.69. The number of nitrogens with zero attached hydrogens (tertiary/aromatic N) is 2. The van der Waals surface area contributed by atoms with E-state index < -0.39 is 10.8 Å². The van der Waals surface area contributed by atoms with E-state index in [0.29, 0.717) is 17.5 Å². The number of hydrogen-bond donors (Lipinski definition) is 1. The largest absolute Gasteiger partial charge is 0.399 e. The molecule has 20 heavy (non-hydrogen) atoms. The molecular weight excluding hydrogens is 270 g/mol. The van der Waals surface area contributed by atoms with E-state index in [1.165, 1.54) is 25.7 Å². The van der Waals surface area contributed by atoms with Crippen LogP contribution in [0.4, 0.5) is 5.69 Å². The van der Waals surface area contributed by atoms with Crippen molar-refractivity contribution >= 4 is 16.5 Å². The van der Waals surface area contributed by atoms with Gasteiger partial charge in [-0.25, -0.2) is 0 Å². The molecule has 1 fully saturated rings. The summed E-state index contributed by atoms with van der Waals surface area (Å²) >= 11 is 0. The maximum absolute atomic E-state index is 12.3. The van der Waals surface area contributed by atoms with E-state index in [9.17, 15) is 4.21 Å². The summed E-state index contributed by atoms with van der Waals surface area (Å²) in [5, 5.41) is 4.57. The average Bonchev–Trinajstić information content (AvgIpc) is 3.09. The van der Waals surface area contributed by atoms with E-state index in [1.807, 2.05) is 29.1 Å². The summed E-state index contributed by atoms with van der Waals surface area (Å²) in [5.74, 6) is 0.462. The van der Waals surface area contributed by atoms with Gasteiger partial charge in [0.1, 0.15) is 0 Å². The summed E-state index contributed by atoms with van der Waals surface area (Å²) in [4.78, 5) is 0.801. The highest BCUT2D eigenvalue weighted by molar-refractivity contribution is 7.84. The van der Waals surface area contributed by atoms with Crippen LogP contribution in [-0.2, 0) is 16.6 Å². The molecule has 1 aromatic heterocycles. The van der Waals surface area contributed by atoms with E-state index in [4.69, 9.17) is 5.73 Å². The molecule has 2 N–H and O–H groups in total. The minimum Gasteiger partial charge on any atom is -0.399 e. The molecule has 5 heteroatoms. The summed E-state index contributed by atoms with van der Waals surface area (Å²) in [5.41, 5.74) is 7.22. The van der Waals surface area contributed by atoms with Gasteiger partial charge < -0.3 is 5.73 Å². The van der Waals surface area contributed by atoms with Crippen molar-refractivity contribution in [3.8, 4) is 0 Å². The Kier molecular flexibility index (Phi) is 3.87. The standard InChI is InChI=1S/C15H19N3OS/c16-12-5-7-15(8-6-12)20(19)11-13-9-10-18(17-13)14-3-1-2-4-14/h5-10,14H,1-4,11,16H2. The van der Waals surface area contributed by atoms with Crippen LogP contribution in [0.15, 0.2) is 41.4 Å². The highest BCUT2D eigenvalue weighted by Crippen LogP contribution is 2.28. The highest BCUT2D eigenvalue weighted by atomic mass is 32.2. The Hall–Kier alpha value is -1.62. The van der Waals surface area contributed by atoms with E-state index in [-0.39, 0.29) is 0 Å². The summed E-state index contributed by atoms with van der Waals surface area (Å²) < 4.78 is 14.3. The lowest BCUT2D eigenvalue weighted by molar-refractivity contribution is 0.464. The molecule has 1 unspecified atom stereocenters. The summed E-state index contributed by atoms with van der Waals surface area (Å²) in [6.07, 6.45) is 7.02. The molecule has 3 rings (SSSR count). The maximum Gasteiger partial charge on any atom is 0.0753 e. The first kappa shape index (κ1) is 13.4. The second-order valence-corrected chi connectivity index (χ2v) is 6.74. The van der Waals surface area contributed by atoms with E-state index in [0.717, 1.165) is 10.6 Å². The van der Waals surface area contributed by atoms with E-state index in [1.54, 1.807) is 12.1 Å². The topological polar surface area (TPSA) is 60.9 Å². The van der Waals surface area contributed by atoms with Gasteiger partial charge in [-0.3, -0.25) is 8.89 Å². The van der Waals surface area contributed by atoms with Crippen molar-refractivity contribution in [2.45, 2.75) is 42.4 Å². The Morgan fingerprint density at radius 1 is 1.20 bits per heavy atom. The van der Waals surface area contributed by atoms with Gasteiger partial charge in [0.15, 0.2) is 0 Å². The minimum absolute atomic E-state index is 0.462. The Morgan fingerprint density at radius 3 is 2.60 bits per heavy atom. The van der Waals surface area contributed by atoms with Gasteiger partial charge in [0.25, 0.3) is 0 Å². The molecule has 0 amide bonds. The molecular formula is C15H19N3OS. The molecule has 0 aliphatic heterocycles. The Morgan fingerprint density at radius 2 is 1.90 bits per heavy atom. The highest BCUT2D eigenvalue weighted by Gasteiger charge is 2.18. The van der Waals surface area contributed by atoms with Gasteiger partial charge in [-0.2, -0.15) is 5.10 Å². The number of hydrogen-bond acceptors (Lipinski definition) is 3. The minimum atomic E-state index is -1.06. The number of nitrogens with two attached hydrogens (primary N) is 1. The van der Waals surface area contributed by atoms with Crippen molar-refractivity contribution in [1.82, 2.24) is 9.78 Å². The van der Waals surface area contributed by atoms with Gasteiger partial charge in [-0.1, -0.05) is 12.8 Å². The zero-order chi connectivity index (χ0) is 13.9. The average molecular weight is 289 g/mol. The maximum atomic E-state index is 12.3. The normalized spacial score (nSPS) is 17.4. The van der Waals surface area contributed by atoms with Crippen LogP contribution < -0.4 is 5.73 Å². The molecule has 1 aliphatic rings. The van der Waals surface area contributed by atoms with Crippen LogP contribution in [0.25, 0.3) is 0 Å². The van der Waals surface area contributed by atoms with Crippen LogP contribution in [0.1, 0.15) is 37.4 Å². The van der Waals surface area contributed by atoms with Crippen molar-refractivity contribution in [1.29, 1.82) is 0 Å². The Bertz CT molecular complexity index is 600. The number of benzene rings is 1. The van der Waals surface area contributed by atoms with Crippen molar-refractivity contribution in [3.63, 3.8) is 0 Å². The predicted octanol–water partition coefficient (Wildman–Crippen LogP) is 2.89. The van der Waals surface area contributed by atoms with Crippen molar-refractivity contribution in [2.24, 2.45) is 0 Å². The number of anilines is 1. The molecule has 0 saturated heterocycles. The molecule has 0 bridgehead atoms. The van der Waals surface area contributed by atoms with Gasteiger partial charge in [-0.05, 0) is 43.2 Å². The molecule has 0 spiro atoms. The first-order valence-corrected chi connectivity index (χ1v) is 8.32. The van der Waals surface area contributed by atoms with Crippen LogP contribution in [0.5, 0.6) is 0 Å². The lowest BCUT2D eigenvalue weighted by Crippen LogP contribution is -2.06. The molecule has 4 nitrogen and oxygen atoms in total. The van der Waals surface area contributed by atoms with Gasteiger partial charge in [0.2, 0.25) is 0 Å². The first-order valence-electron chi connectivity index (χ1n) is 7.00. The lowest BCUT2D eigenvalue weighted by atomic mass is 10.3. The third kappa shape index (κ3) is 2.93. The van der Waals surface area contributed by atoms with Crippen LogP contribution >= 0.6 is 0 Å². The zero-order valence-electron chi connectivity index (χ0n) is 11.4. The SMILES string of the molecule is Nc1ccc(S(=O)Cc2ccn(C3CCCC3)n2)cc1. The van der Waals surface area contributed by atoms with Gasteiger partial charge in [0.05, 0.1) is 28.3 Å². The molecule has 106 valence electrons. The van der Waals surface area contributed by atoms with Crippen LogP contribution in [0, 0.1) is 0 Å². The third-order valence-corrected chi connectivity index (χ3v) is 5.14. The number of aromatic nitrogens is 2. The molecule has 1 atom stereocenters. The number of rotatable bonds is 4. The molecule has 0 radical (unpaired) electrons. The van der Waals surface area contributed by atoms with Crippen molar-refractivity contribution < 1.29 is 4.21 Å². The Balaban J connectivity index is 1.68. The quantitative estimate of drug-likeness (QED) is 0.880. The second-order valence-electron chi connectivity index (χ2n) is 5.28. The lowest BCUT2D eigenvalue weighted by Gasteiger charge is -2.08. The summed E-state index contributed by atoms with van der Waals surface area (Å²) in [6, 6.07) is 9.72. The van der Waals surface area contributed by atoms with Crippen molar-refractivity contribution in [3.05, 3.63) is 42.2 Å². The van der Waals surface area contributed by atoms with Crippen molar-refractivity contribution in [2.75, 3.05) is 5.73 Å². The predicted molar refractivity (Wildman–Crippen MR) is 80.7 cm³/mol. The summed E-state index contributed by atoms with van der Waals surface area (Å²) in [6.45, 7) is 0. The zero-order valence-corrected chi connectivity index (χ0v) is 12.2. The third-order valence-electron chi connectivity index (χ3n) is 3.78. The molecule has 2 aromatic rings. The first-order chi connectivity index (χ1) is 9.72. The fraction of sp³-hybridized carbons (Fsp3) is 0.400. The molecule has 1 saturated carbocycles. The van der Waals surface area contributed by atoms with Crippen LogP contribution in [-0.4, -0.2) is 14.0 Å². The fourth-order valence-electron chi connectivity index (χ4n) is 2.66. The molecule has 1 aromatic carbocycles. The second kappa shape index (κ2) is 5.79. The van der Waals surface area contributed by atoms with E-state index in [2.05, 4.69) is 5.10 Å². The van der Waals surface area contributed by atoms with E-state index >= 15 is 0 Å². The monoisotopic (exact) mass is 289 g/mol. The van der Waals surface area contributed by atoms with Crippen LogP contribution in [0.2, 0.25) is 0 Å². The van der Waals surface area contributed by atoms with Gasteiger partial charge in [0, 0.05) is 16.8 Å². The molecule has 1 aliphatic carbocycles. The van der Waals surface area contributed by atoms with Gasteiger partial charge >= 0.3 is 0 Å². The smallest absolute Gasteiger partial charge is 0.0753 e. The number of nitrogen functional groups attached to an aromatic ring is 1. The Labute approximate surface area is 121 Å². The van der Waals surface area contributed by atoms with Crippen LogP contribution in [0.3, 0.4) is 0 Å². The molecule has 1 heterocycles. The summed E-state index contributed by atoms with van der Waals surface area (Å²) in [7, 11) is -1.06.